The first kappa shape index (κ1) is 17.6. The molecule has 0 heterocycles. The van der Waals surface area contributed by atoms with Crippen molar-refractivity contribution >= 4 is 5.97 Å². The van der Waals surface area contributed by atoms with Crippen LogP contribution in [0.2, 0.25) is 0 Å². The van der Waals surface area contributed by atoms with E-state index in [9.17, 15) is 9.90 Å². The number of aliphatic carboxylic acids is 1. The molecular formula is C16H25NO4. The van der Waals surface area contributed by atoms with Gasteiger partial charge >= 0.3 is 5.97 Å². The van der Waals surface area contributed by atoms with Crippen molar-refractivity contribution in [3.63, 3.8) is 0 Å². The van der Waals surface area contributed by atoms with Crippen molar-refractivity contribution in [3.8, 4) is 0 Å². The maximum atomic E-state index is 11.8. The number of hydrogen-bond acceptors (Lipinski definition) is 4. The molecule has 1 atom stereocenters. The van der Waals surface area contributed by atoms with Crippen LogP contribution in [0.15, 0.2) is 30.3 Å². The molecule has 0 saturated heterocycles. The van der Waals surface area contributed by atoms with Crippen molar-refractivity contribution in [3.05, 3.63) is 35.9 Å². The third-order valence-electron chi connectivity index (χ3n) is 3.15. The zero-order chi connectivity index (χ0) is 15.6. The minimum Gasteiger partial charge on any atom is -0.480 e. The van der Waals surface area contributed by atoms with E-state index >= 15 is 0 Å². The summed E-state index contributed by atoms with van der Waals surface area (Å²) in [5.41, 5.74) is -0.533. The first-order valence-electron chi connectivity index (χ1n) is 7.36. The molecule has 1 aromatic carbocycles. The summed E-state index contributed by atoms with van der Waals surface area (Å²) in [5.74, 6) is -0.940. The second-order valence-electron chi connectivity index (χ2n) is 4.77. The Morgan fingerprint density at radius 1 is 1.14 bits per heavy atom. The Morgan fingerprint density at radius 3 is 2.38 bits per heavy atom. The van der Waals surface area contributed by atoms with Crippen LogP contribution in [0.5, 0.6) is 0 Å². The average Bonchev–Trinajstić information content (AvgIpc) is 2.50. The second kappa shape index (κ2) is 9.50. The number of likely N-dealkylation sites (N-methyl/N-ethyl adjacent to an activating group) is 1. The molecule has 0 aromatic heterocycles. The predicted octanol–water partition coefficient (Wildman–Crippen LogP) is 2.02. The molecule has 0 aliphatic carbocycles. The summed E-state index contributed by atoms with van der Waals surface area (Å²) in [5, 5.41) is 12.7. The van der Waals surface area contributed by atoms with Crippen LogP contribution in [-0.4, -0.2) is 44.0 Å². The molecule has 0 spiro atoms. The summed E-state index contributed by atoms with van der Waals surface area (Å²) in [6.45, 7) is 6.07. The first-order valence-corrected chi connectivity index (χ1v) is 7.36. The summed E-state index contributed by atoms with van der Waals surface area (Å²) in [7, 11) is 0. The normalized spacial score (nSPS) is 13.8. The van der Waals surface area contributed by atoms with E-state index in [1.807, 2.05) is 32.0 Å². The number of carboxylic acids is 1. The molecular weight excluding hydrogens is 270 g/mol. The van der Waals surface area contributed by atoms with E-state index in [-0.39, 0.29) is 6.61 Å². The van der Waals surface area contributed by atoms with E-state index in [0.29, 0.717) is 31.9 Å². The maximum Gasteiger partial charge on any atom is 0.331 e. The summed E-state index contributed by atoms with van der Waals surface area (Å²) >= 11 is 0. The van der Waals surface area contributed by atoms with Crippen molar-refractivity contribution in [1.82, 2.24) is 5.32 Å². The van der Waals surface area contributed by atoms with Gasteiger partial charge in [0, 0.05) is 6.61 Å². The lowest BCUT2D eigenvalue weighted by Crippen LogP contribution is -2.52. The van der Waals surface area contributed by atoms with E-state index in [4.69, 9.17) is 9.47 Å². The van der Waals surface area contributed by atoms with Crippen molar-refractivity contribution in [1.29, 1.82) is 0 Å². The minimum absolute atomic E-state index is 0.0652. The molecule has 1 aromatic rings. The molecule has 1 rings (SSSR count). The fourth-order valence-corrected chi connectivity index (χ4v) is 2.11. The maximum absolute atomic E-state index is 11.8. The zero-order valence-corrected chi connectivity index (χ0v) is 12.8. The van der Waals surface area contributed by atoms with E-state index in [1.165, 1.54) is 0 Å². The number of carbonyl (C=O) groups is 1. The third-order valence-corrected chi connectivity index (χ3v) is 3.15. The van der Waals surface area contributed by atoms with Crippen LogP contribution in [0.1, 0.15) is 25.8 Å². The van der Waals surface area contributed by atoms with Crippen LogP contribution in [-0.2, 0) is 19.8 Å². The Balaban J connectivity index is 2.71. The van der Waals surface area contributed by atoms with Gasteiger partial charge in [-0.2, -0.15) is 0 Å². The van der Waals surface area contributed by atoms with Gasteiger partial charge in [-0.25, -0.2) is 4.79 Å². The lowest BCUT2D eigenvalue weighted by atomic mass is 9.90. The van der Waals surface area contributed by atoms with Crippen LogP contribution in [0.4, 0.5) is 0 Å². The van der Waals surface area contributed by atoms with Crippen molar-refractivity contribution in [2.24, 2.45) is 0 Å². The van der Waals surface area contributed by atoms with Crippen LogP contribution in [0.25, 0.3) is 0 Å². The highest BCUT2D eigenvalue weighted by Gasteiger charge is 2.40. The number of nitrogens with one attached hydrogen (secondary N) is 1. The van der Waals surface area contributed by atoms with Crippen molar-refractivity contribution in [2.75, 3.05) is 33.0 Å². The summed E-state index contributed by atoms with van der Waals surface area (Å²) < 4.78 is 10.9. The van der Waals surface area contributed by atoms with Gasteiger partial charge in [0.2, 0.25) is 0 Å². The molecule has 21 heavy (non-hydrogen) atoms. The van der Waals surface area contributed by atoms with Gasteiger partial charge in [0.05, 0.1) is 19.8 Å². The molecule has 0 radical (unpaired) electrons. The smallest absolute Gasteiger partial charge is 0.331 e. The molecule has 0 bridgehead atoms. The Labute approximate surface area is 126 Å². The molecule has 0 saturated carbocycles. The lowest BCUT2D eigenvalue weighted by Gasteiger charge is -2.30. The molecule has 0 aliphatic heterocycles. The van der Waals surface area contributed by atoms with Gasteiger partial charge in [-0.3, -0.25) is 5.32 Å². The lowest BCUT2D eigenvalue weighted by molar-refractivity contribution is -0.148. The Kier molecular flexibility index (Phi) is 7.97. The molecule has 1 unspecified atom stereocenters. The third kappa shape index (κ3) is 5.12. The number of carboxylic acid groups (broad SMARTS) is 1. The minimum atomic E-state index is -1.22. The van der Waals surface area contributed by atoms with Crippen molar-refractivity contribution in [2.45, 2.75) is 25.8 Å². The highest BCUT2D eigenvalue weighted by Crippen LogP contribution is 2.22. The van der Waals surface area contributed by atoms with Gasteiger partial charge in [-0.15, -0.1) is 0 Å². The fraction of sp³-hybridized carbons (Fsp3) is 0.562. The topological polar surface area (TPSA) is 67.8 Å². The fourth-order valence-electron chi connectivity index (χ4n) is 2.11. The molecule has 0 amide bonds. The van der Waals surface area contributed by atoms with Crippen LogP contribution < -0.4 is 5.32 Å². The van der Waals surface area contributed by atoms with Gasteiger partial charge in [-0.05, 0) is 18.5 Å². The summed E-state index contributed by atoms with van der Waals surface area (Å²) in [6, 6.07) is 9.12. The van der Waals surface area contributed by atoms with Crippen LogP contribution >= 0.6 is 0 Å². The van der Waals surface area contributed by atoms with Gasteiger partial charge in [-0.1, -0.05) is 44.2 Å². The van der Waals surface area contributed by atoms with E-state index in [1.54, 1.807) is 12.1 Å². The molecule has 0 fully saturated rings. The number of ether oxygens (including phenoxy) is 2. The monoisotopic (exact) mass is 295 g/mol. The quantitative estimate of drug-likeness (QED) is 0.611. The number of benzene rings is 1. The van der Waals surface area contributed by atoms with Gasteiger partial charge in [0.25, 0.3) is 0 Å². The molecule has 5 nitrogen and oxygen atoms in total. The first-order chi connectivity index (χ1) is 10.2. The number of rotatable bonds is 11. The Bertz CT molecular complexity index is 410. The Morgan fingerprint density at radius 2 is 1.81 bits per heavy atom. The van der Waals surface area contributed by atoms with Crippen LogP contribution in [0.3, 0.4) is 0 Å². The molecule has 0 aliphatic rings. The summed E-state index contributed by atoms with van der Waals surface area (Å²) in [6.07, 6.45) is 0.959. The highest BCUT2D eigenvalue weighted by molar-refractivity contribution is 5.81. The molecule has 118 valence electrons. The van der Waals surface area contributed by atoms with Gasteiger partial charge in [0.15, 0.2) is 5.54 Å². The van der Waals surface area contributed by atoms with E-state index < -0.39 is 11.5 Å². The largest absolute Gasteiger partial charge is 0.480 e. The second-order valence-corrected chi connectivity index (χ2v) is 4.77. The Hall–Kier alpha value is -1.43. The highest BCUT2D eigenvalue weighted by atomic mass is 16.5. The van der Waals surface area contributed by atoms with Gasteiger partial charge in [0.1, 0.15) is 0 Å². The average molecular weight is 295 g/mol. The molecule has 2 N–H and O–H groups in total. The van der Waals surface area contributed by atoms with Crippen LogP contribution in [0, 0.1) is 0 Å². The standard InChI is InChI=1S/C16H25NO4/c1-3-10-20-11-12-21-13-16(15(18)19,17-4-2)14-8-6-5-7-9-14/h5-9,17H,3-4,10-13H2,1-2H3,(H,18,19). The van der Waals surface area contributed by atoms with E-state index in [0.717, 1.165) is 6.42 Å². The zero-order valence-electron chi connectivity index (χ0n) is 12.8. The van der Waals surface area contributed by atoms with E-state index in [2.05, 4.69) is 5.32 Å². The number of hydrogen-bond donors (Lipinski definition) is 2. The van der Waals surface area contributed by atoms with Crippen molar-refractivity contribution < 1.29 is 19.4 Å². The summed E-state index contributed by atoms with van der Waals surface area (Å²) in [4.78, 5) is 11.8. The SMILES string of the molecule is CCCOCCOCC(NCC)(C(=O)O)c1ccccc1. The van der Waals surface area contributed by atoms with Gasteiger partial charge < -0.3 is 14.6 Å². The molecule has 5 heteroatoms. The predicted molar refractivity (Wildman–Crippen MR) is 81.4 cm³/mol.